The summed E-state index contributed by atoms with van der Waals surface area (Å²) in [5, 5.41) is 13.9. The van der Waals surface area contributed by atoms with E-state index in [4.69, 9.17) is 0 Å². The molecule has 0 spiro atoms. The summed E-state index contributed by atoms with van der Waals surface area (Å²) < 4.78 is 1.69. The maximum absolute atomic E-state index is 13.0. The Bertz CT molecular complexity index is 981. The number of carboxylic acid groups (broad SMARTS) is 1. The van der Waals surface area contributed by atoms with Gasteiger partial charge in [0.05, 0.1) is 18.3 Å². The van der Waals surface area contributed by atoms with Crippen LogP contribution in [-0.2, 0) is 24.3 Å². The Hall–Kier alpha value is -3.41. The highest BCUT2D eigenvalue weighted by molar-refractivity contribution is 5.96. The zero-order chi connectivity index (χ0) is 18.8. The lowest BCUT2D eigenvalue weighted by atomic mass is 9.93. The van der Waals surface area contributed by atoms with Gasteiger partial charge in [-0.15, -0.1) is 0 Å². The highest BCUT2D eigenvalue weighted by Gasteiger charge is 2.35. The van der Waals surface area contributed by atoms with E-state index in [-0.39, 0.29) is 12.5 Å². The first-order valence-electron chi connectivity index (χ1n) is 8.79. The number of hydrogen-bond acceptors (Lipinski definition) is 3. The van der Waals surface area contributed by atoms with Crippen molar-refractivity contribution in [3.8, 4) is 0 Å². The molecule has 1 aliphatic heterocycles. The van der Waals surface area contributed by atoms with Crippen LogP contribution in [0, 0.1) is 0 Å². The number of amides is 1. The van der Waals surface area contributed by atoms with Crippen molar-refractivity contribution >= 4 is 11.9 Å². The Labute approximate surface area is 156 Å². The van der Waals surface area contributed by atoms with Crippen molar-refractivity contribution in [2.24, 2.45) is 0 Å². The second-order valence-corrected chi connectivity index (χ2v) is 6.67. The molecule has 0 saturated heterocycles. The summed E-state index contributed by atoms with van der Waals surface area (Å²) in [5.41, 5.74) is 3.44. The summed E-state index contributed by atoms with van der Waals surface area (Å²) in [6.45, 7) is 0.842. The van der Waals surface area contributed by atoms with E-state index in [0.29, 0.717) is 18.5 Å². The lowest BCUT2D eigenvalue weighted by Crippen LogP contribution is -2.48. The van der Waals surface area contributed by atoms with Gasteiger partial charge in [0.1, 0.15) is 6.04 Å². The van der Waals surface area contributed by atoms with Gasteiger partial charge in [-0.1, -0.05) is 54.6 Å². The van der Waals surface area contributed by atoms with Crippen LogP contribution >= 0.6 is 0 Å². The second kappa shape index (κ2) is 7.07. The monoisotopic (exact) mass is 361 g/mol. The van der Waals surface area contributed by atoms with Gasteiger partial charge in [0.2, 0.25) is 0 Å². The topological polar surface area (TPSA) is 75.4 Å². The maximum atomic E-state index is 13.0. The zero-order valence-corrected chi connectivity index (χ0v) is 14.7. The number of aliphatic carboxylic acids is 1. The highest BCUT2D eigenvalue weighted by atomic mass is 16.4. The zero-order valence-electron chi connectivity index (χ0n) is 14.7. The Morgan fingerprint density at radius 1 is 1.04 bits per heavy atom. The molecule has 6 nitrogen and oxygen atoms in total. The maximum Gasteiger partial charge on any atom is 0.326 e. The van der Waals surface area contributed by atoms with Crippen LogP contribution in [0.5, 0.6) is 0 Å². The minimum Gasteiger partial charge on any atom is -0.480 e. The van der Waals surface area contributed by atoms with Gasteiger partial charge in [0.25, 0.3) is 5.91 Å². The average molecular weight is 361 g/mol. The van der Waals surface area contributed by atoms with Crippen LogP contribution < -0.4 is 0 Å². The third-order valence-electron chi connectivity index (χ3n) is 4.86. The molecule has 1 N–H and O–H groups in total. The molecule has 0 saturated carbocycles. The molecule has 6 heteroatoms. The molecule has 4 rings (SSSR count). The standard InChI is InChI=1S/C21H19N3O3/c25-20(18-11-22-23(13-18)12-15-6-2-1-3-7-15)24-14-17-9-5-4-8-16(17)10-19(24)21(26)27/h1-9,11,13,19H,10,12,14H2,(H,26,27). The number of nitrogens with zero attached hydrogens (tertiary/aromatic N) is 3. The summed E-state index contributed by atoms with van der Waals surface area (Å²) in [5.74, 6) is -1.30. The van der Waals surface area contributed by atoms with Crippen molar-refractivity contribution in [2.75, 3.05) is 0 Å². The number of benzene rings is 2. The number of carboxylic acids is 1. The van der Waals surface area contributed by atoms with Gasteiger partial charge in [-0.25, -0.2) is 4.79 Å². The Morgan fingerprint density at radius 3 is 2.48 bits per heavy atom. The molecule has 0 fully saturated rings. The summed E-state index contributed by atoms with van der Waals surface area (Å²) >= 11 is 0. The normalized spacial score (nSPS) is 16.0. The number of carbonyl (C=O) groups is 2. The molecule has 136 valence electrons. The molecule has 0 bridgehead atoms. The molecule has 1 aliphatic rings. The van der Waals surface area contributed by atoms with Crippen molar-refractivity contribution < 1.29 is 14.7 Å². The number of rotatable bonds is 4. The Balaban J connectivity index is 1.57. The first-order valence-corrected chi connectivity index (χ1v) is 8.79. The van der Waals surface area contributed by atoms with Gasteiger partial charge in [-0.05, 0) is 16.7 Å². The van der Waals surface area contributed by atoms with E-state index in [2.05, 4.69) is 5.10 Å². The molecule has 2 heterocycles. The van der Waals surface area contributed by atoms with E-state index in [1.807, 2.05) is 54.6 Å². The van der Waals surface area contributed by atoms with E-state index in [1.54, 1.807) is 10.9 Å². The van der Waals surface area contributed by atoms with Crippen LogP contribution in [0.1, 0.15) is 27.0 Å². The minimum absolute atomic E-state index is 0.288. The molecular weight excluding hydrogens is 342 g/mol. The molecule has 1 amide bonds. The van der Waals surface area contributed by atoms with Crippen LogP contribution in [0.25, 0.3) is 0 Å². The molecule has 3 aromatic rings. The third kappa shape index (κ3) is 3.46. The molecule has 0 aliphatic carbocycles. The van der Waals surface area contributed by atoms with E-state index in [0.717, 1.165) is 16.7 Å². The predicted octanol–water partition coefficient (Wildman–Crippen LogP) is 2.58. The summed E-state index contributed by atoms with van der Waals surface area (Å²) in [6.07, 6.45) is 3.49. The van der Waals surface area contributed by atoms with Gasteiger partial charge < -0.3 is 10.0 Å². The molecular formula is C21H19N3O3. The lowest BCUT2D eigenvalue weighted by molar-refractivity contribution is -0.142. The molecule has 1 unspecified atom stereocenters. The number of hydrogen-bond donors (Lipinski definition) is 1. The second-order valence-electron chi connectivity index (χ2n) is 6.67. The van der Waals surface area contributed by atoms with Crippen molar-refractivity contribution in [3.63, 3.8) is 0 Å². The Morgan fingerprint density at radius 2 is 1.74 bits per heavy atom. The molecule has 1 atom stereocenters. The minimum atomic E-state index is -0.991. The van der Waals surface area contributed by atoms with Crippen molar-refractivity contribution in [3.05, 3.63) is 89.2 Å². The number of carbonyl (C=O) groups excluding carboxylic acids is 1. The van der Waals surface area contributed by atoms with Gasteiger partial charge in [0.15, 0.2) is 0 Å². The fourth-order valence-electron chi connectivity index (χ4n) is 3.45. The van der Waals surface area contributed by atoms with Crippen LogP contribution in [0.4, 0.5) is 0 Å². The fraction of sp³-hybridized carbons (Fsp3) is 0.190. The van der Waals surface area contributed by atoms with Gasteiger partial charge in [-0.2, -0.15) is 5.10 Å². The van der Waals surface area contributed by atoms with Gasteiger partial charge in [-0.3, -0.25) is 9.48 Å². The van der Waals surface area contributed by atoms with Crippen molar-refractivity contribution in [2.45, 2.75) is 25.6 Å². The van der Waals surface area contributed by atoms with Gasteiger partial charge >= 0.3 is 5.97 Å². The first-order chi connectivity index (χ1) is 13.1. The van der Waals surface area contributed by atoms with Crippen LogP contribution in [0.15, 0.2) is 67.0 Å². The SMILES string of the molecule is O=C(O)C1Cc2ccccc2CN1C(=O)c1cnn(Cc2ccccc2)c1. The lowest BCUT2D eigenvalue weighted by Gasteiger charge is -2.34. The highest BCUT2D eigenvalue weighted by Crippen LogP contribution is 2.25. The molecule has 2 aromatic carbocycles. The van der Waals surface area contributed by atoms with Crippen molar-refractivity contribution in [1.82, 2.24) is 14.7 Å². The van der Waals surface area contributed by atoms with Crippen molar-refractivity contribution in [1.29, 1.82) is 0 Å². The third-order valence-corrected chi connectivity index (χ3v) is 4.86. The van der Waals surface area contributed by atoms with Crippen LogP contribution in [0.3, 0.4) is 0 Å². The molecule has 1 aromatic heterocycles. The summed E-state index contributed by atoms with van der Waals surface area (Å²) in [6, 6.07) is 16.6. The summed E-state index contributed by atoms with van der Waals surface area (Å²) in [7, 11) is 0. The fourth-order valence-corrected chi connectivity index (χ4v) is 3.45. The van der Waals surface area contributed by atoms with E-state index >= 15 is 0 Å². The molecule has 0 radical (unpaired) electrons. The Kier molecular flexibility index (Phi) is 4.46. The quantitative estimate of drug-likeness (QED) is 0.775. The van der Waals surface area contributed by atoms with E-state index < -0.39 is 12.0 Å². The summed E-state index contributed by atoms with van der Waals surface area (Å²) in [4.78, 5) is 26.2. The smallest absolute Gasteiger partial charge is 0.326 e. The van der Waals surface area contributed by atoms with E-state index in [9.17, 15) is 14.7 Å². The number of aromatic nitrogens is 2. The first kappa shape index (κ1) is 17.0. The average Bonchev–Trinajstić information content (AvgIpc) is 3.15. The largest absolute Gasteiger partial charge is 0.480 e. The van der Waals surface area contributed by atoms with Crippen LogP contribution in [0.2, 0.25) is 0 Å². The molecule has 27 heavy (non-hydrogen) atoms. The van der Waals surface area contributed by atoms with E-state index in [1.165, 1.54) is 11.1 Å². The predicted molar refractivity (Wildman–Crippen MR) is 99.2 cm³/mol. The van der Waals surface area contributed by atoms with Crippen LogP contribution in [-0.4, -0.2) is 37.7 Å². The number of fused-ring (bicyclic) bond motifs is 1. The van der Waals surface area contributed by atoms with Gasteiger partial charge in [0, 0.05) is 19.2 Å².